The number of aromatic nitrogens is 3. The van der Waals surface area contributed by atoms with Crippen molar-refractivity contribution in [3.8, 4) is 0 Å². The standard InChI is InChI=1S/C15H16N4OS/c1-8-14(21-10(3)18-8)9(2)19-15(20)11-4-5-12-13(6-11)17-7-16-12/h4-7,9H,1-3H3,(H,16,17)(H,19,20). The van der Waals surface area contributed by atoms with Crippen LogP contribution in [0.3, 0.4) is 0 Å². The van der Waals surface area contributed by atoms with E-state index in [2.05, 4.69) is 20.3 Å². The Kier molecular flexibility index (Phi) is 3.47. The van der Waals surface area contributed by atoms with E-state index in [1.54, 1.807) is 23.7 Å². The topological polar surface area (TPSA) is 70.7 Å². The van der Waals surface area contributed by atoms with Gasteiger partial charge in [-0.2, -0.15) is 0 Å². The zero-order chi connectivity index (χ0) is 15.0. The zero-order valence-corrected chi connectivity index (χ0v) is 12.9. The number of H-pyrrole nitrogens is 1. The van der Waals surface area contributed by atoms with Crippen LogP contribution < -0.4 is 5.32 Å². The van der Waals surface area contributed by atoms with Gasteiger partial charge in [-0.3, -0.25) is 4.79 Å². The van der Waals surface area contributed by atoms with Crippen LogP contribution in [0.2, 0.25) is 0 Å². The maximum atomic E-state index is 12.4. The lowest BCUT2D eigenvalue weighted by Crippen LogP contribution is -2.26. The summed E-state index contributed by atoms with van der Waals surface area (Å²) in [6, 6.07) is 5.39. The Bertz CT molecular complexity index is 805. The van der Waals surface area contributed by atoms with Crippen molar-refractivity contribution in [1.29, 1.82) is 0 Å². The fraction of sp³-hybridized carbons (Fsp3) is 0.267. The Morgan fingerprint density at radius 1 is 1.38 bits per heavy atom. The van der Waals surface area contributed by atoms with Gasteiger partial charge >= 0.3 is 0 Å². The third-order valence-electron chi connectivity index (χ3n) is 3.36. The number of amides is 1. The second-order valence-corrected chi connectivity index (χ2v) is 6.25. The SMILES string of the molecule is Cc1nc(C)c(C(C)NC(=O)c2ccc3nc[nH]c3c2)s1. The smallest absolute Gasteiger partial charge is 0.251 e. The van der Waals surface area contributed by atoms with E-state index in [-0.39, 0.29) is 11.9 Å². The van der Waals surface area contributed by atoms with Gasteiger partial charge in [-0.1, -0.05) is 0 Å². The Morgan fingerprint density at radius 3 is 2.90 bits per heavy atom. The minimum absolute atomic E-state index is 0.0545. The van der Waals surface area contributed by atoms with Crippen molar-refractivity contribution >= 4 is 28.3 Å². The molecule has 0 saturated carbocycles. The van der Waals surface area contributed by atoms with E-state index in [0.717, 1.165) is 26.6 Å². The molecular weight excluding hydrogens is 284 g/mol. The third kappa shape index (κ3) is 2.67. The molecule has 0 aliphatic carbocycles. The molecule has 2 N–H and O–H groups in total. The summed E-state index contributed by atoms with van der Waals surface area (Å²) in [7, 11) is 0. The lowest BCUT2D eigenvalue weighted by Gasteiger charge is -2.13. The van der Waals surface area contributed by atoms with Crippen LogP contribution in [0.15, 0.2) is 24.5 Å². The van der Waals surface area contributed by atoms with Gasteiger partial charge in [-0.05, 0) is 39.0 Å². The fourth-order valence-corrected chi connectivity index (χ4v) is 3.30. The van der Waals surface area contributed by atoms with Crippen LogP contribution in [0.25, 0.3) is 11.0 Å². The second kappa shape index (κ2) is 5.29. The Hall–Kier alpha value is -2.21. The highest BCUT2D eigenvalue weighted by Crippen LogP contribution is 2.24. The maximum absolute atomic E-state index is 12.4. The average molecular weight is 300 g/mol. The summed E-state index contributed by atoms with van der Waals surface area (Å²) in [6.45, 7) is 5.92. The van der Waals surface area contributed by atoms with Crippen LogP contribution in [0, 0.1) is 13.8 Å². The molecular formula is C15H16N4OS. The number of aromatic amines is 1. The minimum atomic E-state index is -0.0931. The predicted octanol–water partition coefficient (Wildman–Crippen LogP) is 3.13. The number of aryl methyl sites for hydroxylation is 2. The number of carbonyl (C=O) groups excluding carboxylic acids is 1. The second-order valence-electron chi connectivity index (χ2n) is 5.01. The van der Waals surface area contributed by atoms with Crippen molar-refractivity contribution in [2.24, 2.45) is 0 Å². The molecule has 2 aromatic heterocycles. The highest BCUT2D eigenvalue weighted by atomic mass is 32.1. The molecule has 21 heavy (non-hydrogen) atoms. The number of imidazole rings is 1. The van der Waals surface area contributed by atoms with E-state index in [4.69, 9.17) is 0 Å². The molecule has 3 rings (SSSR count). The number of carbonyl (C=O) groups is 1. The molecule has 0 fully saturated rings. The van der Waals surface area contributed by atoms with E-state index in [1.807, 2.05) is 32.9 Å². The van der Waals surface area contributed by atoms with E-state index >= 15 is 0 Å². The van der Waals surface area contributed by atoms with Crippen LogP contribution in [-0.2, 0) is 0 Å². The zero-order valence-electron chi connectivity index (χ0n) is 12.1. The normalized spacial score (nSPS) is 12.5. The van der Waals surface area contributed by atoms with Crippen molar-refractivity contribution in [3.63, 3.8) is 0 Å². The van der Waals surface area contributed by atoms with Crippen LogP contribution in [0.1, 0.15) is 38.9 Å². The molecule has 0 spiro atoms. The summed E-state index contributed by atoms with van der Waals surface area (Å²) < 4.78 is 0. The molecule has 6 heteroatoms. The number of rotatable bonds is 3. The van der Waals surface area contributed by atoms with E-state index in [1.165, 1.54) is 0 Å². The van der Waals surface area contributed by atoms with Gasteiger partial charge in [0, 0.05) is 10.4 Å². The predicted molar refractivity (Wildman–Crippen MR) is 83.6 cm³/mol. The summed E-state index contributed by atoms with van der Waals surface area (Å²) in [6.07, 6.45) is 1.62. The molecule has 1 aromatic carbocycles. The molecule has 1 atom stereocenters. The molecule has 0 bridgehead atoms. The lowest BCUT2D eigenvalue weighted by atomic mass is 10.1. The highest BCUT2D eigenvalue weighted by Gasteiger charge is 2.16. The first kappa shape index (κ1) is 13.8. The van der Waals surface area contributed by atoms with Gasteiger partial charge in [0.25, 0.3) is 5.91 Å². The van der Waals surface area contributed by atoms with Crippen molar-refractivity contribution in [2.75, 3.05) is 0 Å². The van der Waals surface area contributed by atoms with Gasteiger partial charge < -0.3 is 10.3 Å². The number of fused-ring (bicyclic) bond motifs is 1. The Balaban J connectivity index is 1.80. The Morgan fingerprint density at radius 2 is 2.19 bits per heavy atom. The molecule has 5 nitrogen and oxygen atoms in total. The molecule has 0 saturated heterocycles. The molecule has 3 aromatic rings. The largest absolute Gasteiger partial charge is 0.345 e. The molecule has 1 unspecified atom stereocenters. The molecule has 108 valence electrons. The first-order valence-corrected chi connectivity index (χ1v) is 7.54. The summed E-state index contributed by atoms with van der Waals surface area (Å²) in [5.41, 5.74) is 3.32. The van der Waals surface area contributed by atoms with Crippen LogP contribution in [0.4, 0.5) is 0 Å². The summed E-state index contributed by atoms with van der Waals surface area (Å²) in [4.78, 5) is 25.0. The van der Waals surface area contributed by atoms with Crippen molar-refractivity contribution in [1.82, 2.24) is 20.3 Å². The first-order valence-electron chi connectivity index (χ1n) is 6.72. The van der Waals surface area contributed by atoms with Crippen LogP contribution >= 0.6 is 11.3 Å². The van der Waals surface area contributed by atoms with Crippen LogP contribution in [0.5, 0.6) is 0 Å². The minimum Gasteiger partial charge on any atom is -0.345 e. The number of nitrogens with zero attached hydrogens (tertiary/aromatic N) is 2. The van der Waals surface area contributed by atoms with Crippen molar-refractivity contribution < 1.29 is 4.79 Å². The number of benzene rings is 1. The molecule has 2 heterocycles. The van der Waals surface area contributed by atoms with Crippen molar-refractivity contribution in [2.45, 2.75) is 26.8 Å². The monoisotopic (exact) mass is 300 g/mol. The van der Waals surface area contributed by atoms with E-state index in [0.29, 0.717) is 5.56 Å². The third-order valence-corrected chi connectivity index (χ3v) is 4.62. The summed E-state index contributed by atoms with van der Waals surface area (Å²) >= 11 is 1.62. The molecule has 0 radical (unpaired) electrons. The molecule has 1 amide bonds. The molecule has 0 aliphatic rings. The summed E-state index contributed by atoms with van der Waals surface area (Å²) in [5.74, 6) is -0.0931. The first-order chi connectivity index (χ1) is 10.0. The van der Waals surface area contributed by atoms with E-state index in [9.17, 15) is 4.79 Å². The highest BCUT2D eigenvalue weighted by molar-refractivity contribution is 7.11. The maximum Gasteiger partial charge on any atom is 0.251 e. The van der Waals surface area contributed by atoms with Gasteiger partial charge in [0.1, 0.15) is 0 Å². The number of hydrogen-bond donors (Lipinski definition) is 2. The van der Waals surface area contributed by atoms with Gasteiger partial charge in [-0.15, -0.1) is 11.3 Å². The lowest BCUT2D eigenvalue weighted by molar-refractivity contribution is 0.0940. The average Bonchev–Trinajstić information content (AvgIpc) is 3.03. The Labute approximate surface area is 126 Å². The van der Waals surface area contributed by atoms with Gasteiger partial charge in [0.05, 0.1) is 34.1 Å². The molecule has 0 aliphatic heterocycles. The number of nitrogens with one attached hydrogen (secondary N) is 2. The van der Waals surface area contributed by atoms with E-state index < -0.39 is 0 Å². The van der Waals surface area contributed by atoms with Gasteiger partial charge in [0.2, 0.25) is 0 Å². The summed E-state index contributed by atoms with van der Waals surface area (Å²) in [5, 5.41) is 4.04. The number of hydrogen-bond acceptors (Lipinski definition) is 4. The van der Waals surface area contributed by atoms with Gasteiger partial charge in [0.15, 0.2) is 0 Å². The van der Waals surface area contributed by atoms with Crippen molar-refractivity contribution in [3.05, 3.63) is 45.7 Å². The van der Waals surface area contributed by atoms with Gasteiger partial charge in [-0.25, -0.2) is 9.97 Å². The van der Waals surface area contributed by atoms with Crippen LogP contribution in [-0.4, -0.2) is 20.9 Å². The fourth-order valence-electron chi connectivity index (χ4n) is 2.37. The quantitative estimate of drug-likeness (QED) is 0.780. The number of thiazole rings is 1.